The van der Waals surface area contributed by atoms with Crippen LogP contribution in [-0.2, 0) is 14.8 Å². The Kier molecular flexibility index (Phi) is 6.57. The maximum atomic E-state index is 12.7. The minimum Gasteiger partial charge on any atom is -0.481 e. The molecular formula is C19H22N2O5S. The van der Waals surface area contributed by atoms with E-state index in [2.05, 4.69) is 4.72 Å². The smallest absolute Gasteiger partial charge is 0.305 e. The summed E-state index contributed by atoms with van der Waals surface area (Å²) in [4.78, 5) is 25.1. The molecule has 0 saturated carbocycles. The molecule has 2 aromatic carbocycles. The summed E-state index contributed by atoms with van der Waals surface area (Å²) in [6, 6.07) is 13.9. The van der Waals surface area contributed by atoms with Gasteiger partial charge in [-0.15, -0.1) is 0 Å². The number of carbonyl (C=O) groups is 2. The first-order valence-electron chi connectivity index (χ1n) is 8.41. The lowest BCUT2D eigenvalue weighted by Crippen LogP contribution is -2.38. The molecule has 0 aromatic heterocycles. The number of carboxylic acids is 1. The molecule has 0 atom stereocenters. The van der Waals surface area contributed by atoms with Crippen molar-refractivity contribution in [2.45, 2.75) is 31.2 Å². The third-order valence-electron chi connectivity index (χ3n) is 3.87. The molecule has 0 bridgehead atoms. The molecule has 0 aliphatic heterocycles. The molecule has 2 aromatic rings. The van der Waals surface area contributed by atoms with Gasteiger partial charge in [0.15, 0.2) is 0 Å². The molecule has 0 unspecified atom stereocenters. The Morgan fingerprint density at radius 2 is 1.74 bits per heavy atom. The molecule has 0 fully saturated rings. The lowest BCUT2D eigenvalue weighted by molar-refractivity contribution is -0.137. The number of anilines is 1. The van der Waals surface area contributed by atoms with Crippen molar-refractivity contribution in [2.75, 3.05) is 11.3 Å². The lowest BCUT2D eigenvalue weighted by Gasteiger charge is -2.26. The van der Waals surface area contributed by atoms with E-state index in [-0.39, 0.29) is 41.1 Å². The SMILES string of the molecule is CC(C)N(CCC(=O)O)C(=O)c1cccc(NS(=O)(=O)c2ccccc2)c1. The van der Waals surface area contributed by atoms with Crippen molar-refractivity contribution in [3.8, 4) is 0 Å². The Bertz CT molecular complexity index is 911. The lowest BCUT2D eigenvalue weighted by atomic mass is 10.1. The van der Waals surface area contributed by atoms with Gasteiger partial charge in [0.05, 0.1) is 11.3 Å². The summed E-state index contributed by atoms with van der Waals surface area (Å²) in [7, 11) is -3.77. The second-order valence-corrected chi connectivity index (χ2v) is 7.92. The topological polar surface area (TPSA) is 104 Å². The number of amides is 1. The zero-order chi connectivity index (χ0) is 20.0. The fourth-order valence-corrected chi connectivity index (χ4v) is 3.58. The van der Waals surface area contributed by atoms with Crippen LogP contribution in [0.25, 0.3) is 0 Å². The molecule has 0 spiro atoms. The fourth-order valence-electron chi connectivity index (χ4n) is 2.51. The Hall–Kier alpha value is -2.87. The van der Waals surface area contributed by atoms with Crippen LogP contribution in [-0.4, -0.2) is 42.9 Å². The van der Waals surface area contributed by atoms with E-state index < -0.39 is 16.0 Å². The summed E-state index contributed by atoms with van der Waals surface area (Å²) in [5.74, 6) is -1.34. The molecule has 0 radical (unpaired) electrons. The first-order chi connectivity index (χ1) is 12.7. The molecule has 0 aliphatic carbocycles. The molecule has 2 N–H and O–H groups in total. The normalized spacial score (nSPS) is 11.2. The quantitative estimate of drug-likeness (QED) is 0.721. The number of carboxylic acid groups (broad SMARTS) is 1. The highest BCUT2D eigenvalue weighted by molar-refractivity contribution is 7.92. The average molecular weight is 390 g/mol. The number of sulfonamides is 1. The molecule has 7 nitrogen and oxygen atoms in total. The van der Waals surface area contributed by atoms with Gasteiger partial charge in [0.1, 0.15) is 0 Å². The molecule has 0 saturated heterocycles. The molecule has 0 aliphatic rings. The number of benzene rings is 2. The number of aliphatic carboxylic acids is 1. The van der Waals surface area contributed by atoms with Crippen molar-refractivity contribution < 1.29 is 23.1 Å². The second-order valence-electron chi connectivity index (χ2n) is 6.24. The first kappa shape index (κ1) is 20.4. The van der Waals surface area contributed by atoms with E-state index in [0.717, 1.165) is 0 Å². The van der Waals surface area contributed by atoms with Gasteiger partial charge in [0, 0.05) is 23.8 Å². The summed E-state index contributed by atoms with van der Waals surface area (Å²) in [5, 5.41) is 8.86. The van der Waals surface area contributed by atoms with Crippen LogP contribution in [0.4, 0.5) is 5.69 Å². The van der Waals surface area contributed by atoms with E-state index >= 15 is 0 Å². The van der Waals surface area contributed by atoms with Crippen molar-refractivity contribution in [2.24, 2.45) is 0 Å². The van der Waals surface area contributed by atoms with Gasteiger partial charge in [-0.2, -0.15) is 0 Å². The van der Waals surface area contributed by atoms with Crippen LogP contribution in [0.5, 0.6) is 0 Å². The zero-order valence-electron chi connectivity index (χ0n) is 15.1. The van der Waals surface area contributed by atoms with E-state index in [1.807, 2.05) is 0 Å². The largest absolute Gasteiger partial charge is 0.481 e. The second kappa shape index (κ2) is 8.68. The number of hydrogen-bond acceptors (Lipinski definition) is 4. The minimum atomic E-state index is -3.77. The number of nitrogens with one attached hydrogen (secondary N) is 1. The van der Waals surface area contributed by atoms with Crippen molar-refractivity contribution >= 4 is 27.6 Å². The highest BCUT2D eigenvalue weighted by atomic mass is 32.2. The number of rotatable bonds is 8. The predicted molar refractivity (Wildman–Crippen MR) is 102 cm³/mol. The predicted octanol–water partition coefficient (Wildman–Crippen LogP) is 2.81. The van der Waals surface area contributed by atoms with Crippen LogP contribution in [0.15, 0.2) is 59.5 Å². The Balaban J connectivity index is 2.23. The third-order valence-corrected chi connectivity index (χ3v) is 5.26. The molecule has 0 heterocycles. The van der Waals surface area contributed by atoms with Crippen LogP contribution >= 0.6 is 0 Å². The number of carbonyl (C=O) groups excluding carboxylic acids is 1. The summed E-state index contributed by atoms with van der Waals surface area (Å²) < 4.78 is 27.3. The highest BCUT2D eigenvalue weighted by Crippen LogP contribution is 2.19. The van der Waals surface area contributed by atoms with Gasteiger partial charge in [-0.1, -0.05) is 24.3 Å². The van der Waals surface area contributed by atoms with E-state index in [9.17, 15) is 18.0 Å². The summed E-state index contributed by atoms with van der Waals surface area (Å²) in [5.41, 5.74) is 0.536. The number of hydrogen-bond donors (Lipinski definition) is 2. The fraction of sp³-hybridized carbons (Fsp3) is 0.263. The van der Waals surface area contributed by atoms with E-state index in [1.165, 1.54) is 23.1 Å². The number of nitrogens with zero attached hydrogens (tertiary/aromatic N) is 1. The Labute approximate surface area is 158 Å². The van der Waals surface area contributed by atoms with E-state index in [0.29, 0.717) is 0 Å². The van der Waals surface area contributed by atoms with Crippen LogP contribution in [0.1, 0.15) is 30.6 Å². The van der Waals surface area contributed by atoms with E-state index in [1.54, 1.807) is 50.2 Å². The van der Waals surface area contributed by atoms with Gasteiger partial charge in [-0.05, 0) is 44.2 Å². The first-order valence-corrected chi connectivity index (χ1v) is 9.89. The van der Waals surface area contributed by atoms with Gasteiger partial charge in [0.25, 0.3) is 15.9 Å². The third kappa shape index (κ3) is 5.55. The monoisotopic (exact) mass is 390 g/mol. The van der Waals surface area contributed by atoms with E-state index in [4.69, 9.17) is 5.11 Å². The van der Waals surface area contributed by atoms with Crippen molar-refractivity contribution in [3.63, 3.8) is 0 Å². The maximum Gasteiger partial charge on any atom is 0.305 e. The van der Waals surface area contributed by atoms with Gasteiger partial charge in [-0.25, -0.2) is 8.42 Å². The highest BCUT2D eigenvalue weighted by Gasteiger charge is 2.21. The maximum absolute atomic E-state index is 12.7. The van der Waals surface area contributed by atoms with Gasteiger partial charge in [-0.3, -0.25) is 14.3 Å². The summed E-state index contributed by atoms with van der Waals surface area (Å²) in [6.07, 6.45) is -0.162. The summed E-state index contributed by atoms with van der Waals surface area (Å²) >= 11 is 0. The van der Waals surface area contributed by atoms with Crippen LogP contribution in [0.2, 0.25) is 0 Å². The zero-order valence-corrected chi connectivity index (χ0v) is 15.9. The molecule has 1 amide bonds. The van der Waals surface area contributed by atoms with Crippen LogP contribution < -0.4 is 4.72 Å². The Morgan fingerprint density at radius 3 is 2.33 bits per heavy atom. The van der Waals surface area contributed by atoms with Crippen LogP contribution in [0.3, 0.4) is 0 Å². The Morgan fingerprint density at radius 1 is 1.07 bits per heavy atom. The average Bonchev–Trinajstić information content (AvgIpc) is 2.62. The van der Waals surface area contributed by atoms with Gasteiger partial charge < -0.3 is 10.0 Å². The minimum absolute atomic E-state index is 0.0752. The summed E-state index contributed by atoms with van der Waals surface area (Å²) in [6.45, 7) is 3.66. The van der Waals surface area contributed by atoms with Crippen molar-refractivity contribution in [3.05, 3.63) is 60.2 Å². The molecular weight excluding hydrogens is 368 g/mol. The van der Waals surface area contributed by atoms with Crippen LogP contribution in [0, 0.1) is 0 Å². The van der Waals surface area contributed by atoms with Gasteiger partial charge in [0.2, 0.25) is 0 Å². The van der Waals surface area contributed by atoms with Crippen molar-refractivity contribution in [1.82, 2.24) is 4.90 Å². The standard InChI is InChI=1S/C19H22N2O5S/c1-14(2)21(12-11-18(22)23)19(24)15-7-6-8-16(13-15)20-27(25,26)17-9-4-3-5-10-17/h3-10,13-14,20H,11-12H2,1-2H3,(H,22,23). The molecule has 8 heteroatoms. The molecule has 144 valence electrons. The molecule has 27 heavy (non-hydrogen) atoms. The van der Waals surface area contributed by atoms with Gasteiger partial charge >= 0.3 is 5.97 Å². The van der Waals surface area contributed by atoms with Crippen molar-refractivity contribution in [1.29, 1.82) is 0 Å². The molecule has 2 rings (SSSR count).